The summed E-state index contributed by atoms with van der Waals surface area (Å²) in [5, 5.41) is 0. The van der Waals surface area contributed by atoms with Crippen LogP contribution in [0.4, 0.5) is 0 Å². The third-order valence-corrected chi connectivity index (χ3v) is 1.79. The highest BCUT2D eigenvalue weighted by molar-refractivity contribution is 5.83. The van der Waals surface area contributed by atoms with Gasteiger partial charge in [-0.25, -0.2) is 4.79 Å². The van der Waals surface area contributed by atoms with Gasteiger partial charge in [0.15, 0.2) is 0 Å². The van der Waals surface area contributed by atoms with Gasteiger partial charge in [0, 0.05) is 6.08 Å². The Labute approximate surface area is 102 Å². The lowest BCUT2D eigenvalue weighted by Gasteiger charge is -1.95. The van der Waals surface area contributed by atoms with E-state index in [0.717, 1.165) is 17.4 Å². The molecule has 3 heteroatoms. The number of esters is 1. The Morgan fingerprint density at radius 2 is 1.76 bits per heavy atom. The Hall–Kier alpha value is -1.90. The van der Waals surface area contributed by atoms with Crippen LogP contribution in [0.25, 0.3) is 0 Å². The van der Waals surface area contributed by atoms with E-state index in [0.29, 0.717) is 6.61 Å². The Morgan fingerprint density at radius 3 is 2.35 bits per heavy atom. The molecule has 0 heterocycles. The van der Waals surface area contributed by atoms with Crippen LogP contribution in [-0.4, -0.2) is 18.9 Å². The topological polar surface area (TPSA) is 43.4 Å². The van der Waals surface area contributed by atoms with Crippen molar-refractivity contribution >= 4 is 12.3 Å². The average molecular weight is 234 g/mol. The second-order valence-electron chi connectivity index (χ2n) is 3.41. The zero-order valence-electron chi connectivity index (χ0n) is 10.5. The highest BCUT2D eigenvalue weighted by atomic mass is 16.5. The maximum atomic E-state index is 11.1. The maximum Gasteiger partial charge on any atom is 0.330 e. The third kappa shape index (κ3) is 9.05. The number of ether oxygens (including phenoxy) is 1. The molecule has 0 N–H and O–H groups in total. The maximum absolute atomic E-state index is 11.1. The number of rotatable bonds is 6. The Balaban J connectivity index is 4.37. The summed E-state index contributed by atoms with van der Waals surface area (Å²) < 4.78 is 4.78. The first kappa shape index (κ1) is 15.1. The lowest BCUT2D eigenvalue weighted by atomic mass is 10.2. The minimum Gasteiger partial charge on any atom is -0.463 e. The van der Waals surface area contributed by atoms with E-state index < -0.39 is 0 Å². The lowest BCUT2D eigenvalue weighted by Crippen LogP contribution is -1.99. The first-order chi connectivity index (χ1) is 8.10. The molecule has 0 aliphatic rings. The minimum absolute atomic E-state index is 0.337. The molecule has 17 heavy (non-hydrogen) atoms. The molecule has 0 saturated heterocycles. The summed E-state index contributed by atoms with van der Waals surface area (Å²) in [4.78, 5) is 21.2. The SMILES string of the molecule is CCOC(=O)/C=C(C)/C=C/C=C(C)/C=C/C=O. The smallest absolute Gasteiger partial charge is 0.330 e. The van der Waals surface area contributed by atoms with Crippen molar-refractivity contribution in [3.63, 3.8) is 0 Å². The zero-order chi connectivity index (χ0) is 13.1. The summed E-state index contributed by atoms with van der Waals surface area (Å²) in [6, 6.07) is 0. The van der Waals surface area contributed by atoms with E-state index in [2.05, 4.69) is 0 Å². The summed E-state index contributed by atoms with van der Waals surface area (Å²) in [5.74, 6) is -0.337. The fourth-order valence-corrected chi connectivity index (χ4v) is 1.02. The Morgan fingerprint density at radius 1 is 1.12 bits per heavy atom. The van der Waals surface area contributed by atoms with Crippen LogP contribution >= 0.6 is 0 Å². The molecule has 0 bridgehead atoms. The Bertz CT molecular complexity index is 371. The molecular formula is C14H18O3. The molecule has 0 saturated carbocycles. The van der Waals surface area contributed by atoms with Crippen molar-refractivity contribution in [3.8, 4) is 0 Å². The van der Waals surface area contributed by atoms with Gasteiger partial charge in [0.2, 0.25) is 0 Å². The predicted octanol–water partition coefficient (Wildman–Crippen LogP) is 2.75. The summed E-state index contributed by atoms with van der Waals surface area (Å²) in [6.45, 7) is 5.84. The van der Waals surface area contributed by atoms with Crippen molar-refractivity contribution in [1.29, 1.82) is 0 Å². The van der Waals surface area contributed by atoms with Crippen LogP contribution in [0.15, 0.2) is 47.6 Å². The van der Waals surface area contributed by atoms with Gasteiger partial charge < -0.3 is 4.74 Å². The van der Waals surface area contributed by atoms with Crippen molar-refractivity contribution in [2.45, 2.75) is 20.8 Å². The van der Waals surface area contributed by atoms with E-state index in [4.69, 9.17) is 4.74 Å². The van der Waals surface area contributed by atoms with Crippen LogP contribution in [0.1, 0.15) is 20.8 Å². The van der Waals surface area contributed by atoms with Crippen LogP contribution in [-0.2, 0) is 14.3 Å². The van der Waals surface area contributed by atoms with Crippen molar-refractivity contribution in [3.05, 3.63) is 47.6 Å². The summed E-state index contributed by atoms with van der Waals surface area (Å²) in [6.07, 6.45) is 10.8. The molecule has 0 rings (SSSR count). The van der Waals surface area contributed by atoms with E-state index in [1.165, 1.54) is 12.2 Å². The molecule has 0 spiro atoms. The minimum atomic E-state index is -0.337. The number of allylic oxidation sites excluding steroid dienone is 7. The van der Waals surface area contributed by atoms with Crippen LogP contribution < -0.4 is 0 Å². The standard InChI is InChI=1S/C14H18O3/c1-4-17-14(16)11-13(3)8-5-7-12(2)9-6-10-15/h5-11H,4H2,1-3H3/b8-5+,9-6+,12-7+,13-11+. The van der Waals surface area contributed by atoms with Crippen molar-refractivity contribution in [1.82, 2.24) is 0 Å². The van der Waals surface area contributed by atoms with Gasteiger partial charge in [-0.1, -0.05) is 29.9 Å². The van der Waals surface area contributed by atoms with Crippen molar-refractivity contribution in [2.75, 3.05) is 6.61 Å². The summed E-state index contributed by atoms with van der Waals surface area (Å²) in [7, 11) is 0. The van der Waals surface area contributed by atoms with Crippen LogP contribution in [0.2, 0.25) is 0 Å². The highest BCUT2D eigenvalue weighted by Crippen LogP contribution is 1.99. The third-order valence-electron chi connectivity index (χ3n) is 1.79. The van der Waals surface area contributed by atoms with E-state index in [1.807, 2.05) is 26.0 Å². The van der Waals surface area contributed by atoms with Gasteiger partial charge in [-0.3, -0.25) is 4.79 Å². The van der Waals surface area contributed by atoms with E-state index in [-0.39, 0.29) is 5.97 Å². The van der Waals surface area contributed by atoms with Gasteiger partial charge in [-0.05, 0) is 32.4 Å². The molecule has 0 unspecified atom stereocenters. The van der Waals surface area contributed by atoms with Gasteiger partial charge in [-0.15, -0.1) is 0 Å². The molecule has 3 nitrogen and oxygen atoms in total. The molecule has 0 atom stereocenters. The normalized spacial score (nSPS) is 13.4. The quantitative estimate of drug-likeness (QED) is 0.307. The number of carbonyl (C=O) groups is 2. The van der Waals surface area contributed by atoms with Gasteiger partial charge in [0.1, 0.15) is 6.29 Å². The summed E-state index contributed by atoms with van der Waals surface area (Å²) >= 11 is 0. The van der Waals surface area contributed by atoms with E-state index in [9.17, 15) is 9.59 Å². The lowest BCUT2D eigenvalue weighted by molar-refractivity contribution is -0.137. The fraction of sp³-hybridized carbons (Fsp3) is 0.286. The van der Waals surface area contributed by atoms with Crippen LogP contribution in [0, 0.1) is 0 Å². The number of carbonyl (C=O) groups excluding carboxylic acids is 2. The molecular weight excluding hydrogens is 216 g/mol. The summed E-state index contributed by atoms with van der Waals surface area (Å²) in [5.41, 5.74) is 1.77. The second kappa shape index (κ2) is 9.33. The van der Waals surface area contributed by atoms with Gasteiger partial charge in [0.05, 0.1) is 6.61 Å². The molecule has 0 aromatic rings. The number of hydrogen-bond acceptors (Lipinski definition) is 3. The van der Waals surface area contributed by atoms with Crippen LogP contribution in [0.5, 0.6) is 0 Å². The largest absolute Gasteiger partial charge is 0.463 e. The van der Waals surface area contributed by atoms with Crippen molar-refractivity contribution in [2.24, 2.45) is 0 Å². The molecule has 0 radical (unpaired) electrons. The molecule has 0 aliphatic carbocycles. The fourth-order valence-electron chi connectivity index (χ4n) is 1.02. The second-order valence-corrected chi connectivity index (χ2v) is 3.41. The molecule has 92 valence electrons. The van der Waals surface area contributed by atoms with Gasteiger partial charge in [-0.2, -0.15) is 0 Å². The first-order valence-corrected chi connectivity index (χ1v) is 5.42. The molecule has 0 fully saturated rings. The van der Waals surface area contributed by atoms with Gasteiger partial charge in [0.25, 0.3) is 0 Å². The average Bonchev–Trinajstić information content (AvgIpc) is 2.26. The Kier molecular flexibility index (Phi) is 8.29. The molecule has 0 aromatic carbocycles. The molecule has 0 aliphatic heterocycles. The first-order valence-electron chi connectivity index (χ1n) is 5.42. The molecule has 0 amide bonds. The predicted molar refractivity (Wildman–Crippen MR) is 68.5 cm³/mol. The number of hydrogen-bond donors (Lipinski definition) is 0. The van der Waals surface area contributed by atoms with E-state index >= 15 is 0 Å². The molecule has 0 aromatic heterocycles. The zero-order valence-corrected chi connectivity index (χ0v) is 10.5. The van der Waals surface area contributed by atoms with Crippen molar-refractivity contribution < 1.29 is 14.3 Å². The highest BCUT2D eigenvalue weighted by Gasteiger charge is 1.94. The van der Waals surface area contributed by atoms with Gasteiger partial charge >= 0.3 is 5.97 Å². The van der Waals surface area contributed by atoms with E-state index in [1.54, 1.807) is 19.1 Å². The monoisotopic (exact) mass is 234 g/mol. The number of aldehydes is 1. The van der Waals surface area contributed by atoms with Crippen LogP contribution in [0.3, 0.4) is 0 Å².